The van der Waals surface area contributed by atoms with Crippen molar-refractivity contribution < 1.29 is 4.79 Å². The second kappa shape index (κ2) is 9.21. The lowest BCUT2D eigenvalue weighted by Crippen LogP contribution is -2.44. The topological polar surface area (TPSA) is 35.6 Å². The number of aryl methyl sites for hydroxylation is 1. The molecule has 3 aromatic rings. The van der Waals surface area contributed by atoms with Crippen LogP contribution in [0.5, 0.6) is 0 Å². The molecule has 2 aromatic carbocycles. The molecule has 30 heavy (non-hydrogen) atoms. The zero-order valence-electron chi connectivity index (χ0n) is 17.3. The summed E-state index contributed by atoms with van der Waals surface area (Å²) < 4.78 is 0. The molecule has 0 radical (unpaired) electrons. The lowest BCUT2D eigenvalue weighted by Gasteiger charge is -2.35. The first-order valence-electron chi connectivity index (χ1n) is 10.2. The maximum atomic E-state index is 12.8. The third kappa shape index (κ3) is 4.69. The molecule has 0 saturated carbocycles. The van der Waals surface area contributed by atoms with Crippen molar-refractivity contribution in [1.82, 2.24) is 10.2 Å². The number of nitrogens with one attached hydrogen (secondary N) is 1. The number of rotatable bonds is 5. The van der Waals surface area contributed by atoms with E-state index >= 15 is 0 Å². The molecule has 1 aliphatic rings. The number of nitrogens with zero attached hydrogens (tertiary/aromatic N) is 2. The number of hydrogen-bond donors (Lipinski definition) is 1. The van der Waals surface area contributed by atoms with Crippen LogP contribution < -0.4 is 10.2 Å². The van der Waals surface area contributed by atoms with E-state index in [9.17, 15) is 4.79 Å². The zero-order valence-corrected chi connectivity index (χ0v) is 18.9. The Labute approximate surface area is 187 Å². The van der Waals surface area contributed by atoms with Crippen LogP contribution in [0.1, 0.15) is 20.8 Å². The average Bonchev–Trinajstić information content (AvgIpc) is 3.15. The van der Waals surface area contributed by atoms with Crippen LogP contribution in [0.25, 0.3) is 10.4 Å². The molecule has 0 atom stereocenters. The van der Waals surface area contributed by atoms with E-state index in [4.69, 9.17) is 11.6 Å². The summed E-state index contributed by atoms with van der Waals surface area (Å²) in [6.45, 7) is 6.67. The van der Waals surface area contributed by atoms with Gasteiger partial charge in [-0.15, -0.1) is 11.3 Å². The van der Waals surface area contributed by atoms with Crippen LogP contribution in [0.4, 0.5) is 5.69 Å². The molecule has 4 rings (SSSR count). The van der Waals surface area contributed by atoms with Crippen molar-refractivity contribution >= 4 is 34.5 Å². The lowest BCUT2D eigenvalue weighted by molar-refractivity contribution is 0.0954. The molecule has 0 bridgehead atoms. The van der Waals surface area contributed by atoms with Gasteiger partial charge in [-0.05, 0) is 49.4 Å². The number of halogens is 1. The Kier molecular flexibility index (Phi) is 6.42. The number of thiophene rings is 1. The smallest absolute Gasteiger partial charge is 0.261 e. The van der Waals surface area contributed by atoms with Gasteiger partial charge in [0.25, 0.3) is 5.91 Å². The van der Waals surface area contributed by atoms with Gasteiger partial charge in [0.2, 0.25) is 0 Å². The monoisotopic (exact) mass is 439 g/mol. The van der Waals surface area contributed by atoms with E-state index in [0.717, 1.165) is 47.1 Å². The van der Waals surface area contributed by atoms with E-state index in [1.165, 1.54) is 11.3 Å². The fourth-order valence-electron chi connectivity index (χ4n) is 3.71. The van der Waals surface area contributed by atoms with Crippen molar-refractivity contribution in [3.8, 4) is 10.4 Å². The van der Waals surface area contributed by atoms with E-state index in [0.29, 0.717) is 11.6 Å². The molecule has 1 amide bonds. The molecular formula is C24H26ClN3OS. The summed E-state index contributed by atoms with van der Waals surface area (Å²) in [7, 11) is 2.17. The van der Waals surface area contributed by atoms with E-state index < -0.39 is 0 Å². The highest BCUT2D eigenvalue weighted by atomic mass is 35.5. The van der Waals surface area contributed by atoms with Gasteiger partial charge >= 0.3 is 0 Å². The third-order valence-electron chi connectivity index (χ3n) is 5.50. The van der Waals surface area contributed by atoms with E-state index in [1.54, 1.807) is 11.3 Å². The van der Waals surface area contributed by atoms with Gasteiger partial charge in [0.05, 0.1) is 4.88 Å². The van der Waals surface area contributed by atoms with Crippen molar-refractivity contribution in [2.45, 2.75) is 13.5 Å². The summed E-state index contributed by atoms with van der Waals surface area (Å²) in [4.78, 5) is 19.5. The van der Waals surface area contributed by atoms with Crippen LogP contribution in [-0.2, 0) is 6.54 Å². The number of benzene rings is 2. The Morgan fingerprint density at radius 1 is 1.07 bits per heavy atom. The number of amides is 1. The number of para-hydroxylation sites is 1. The van der Waals surface area contributed by atoms with Gasteiger partial charge in [-0.25, -0.2) is 0 Å². The minimum absolute atomic E-state index is 0.0317. The van der Waals surface area contributed by atoms with Gasteiger partial charge in [0.15, 0.2) is 0 Å². The molecule has 6 heteroatoms. The van der Waals surface area contributed by atoms with Crippen LogP contribution in [0.2, 0.25) is 5.02 Å². The van der Waals surface area contributed by atoms with Gasteiger partial charge in [-0.2, -0.15) is 0 Å². The Balaban J connectivity index is 1.52. The molecule has 0 unspecified atom stereocenters. The largest absolute Gasteiger partial charge is 0.368 e. The number of hydrogen-bond acceptors (Lipinski definition) is 4. The minimum atomic E-state index is -0.0317. The summed E-state index contributed by atoms with van der Waals surface area (Å²) in [5, 5.41) is 3.73. The highest BCUT2D eigenvalue weighted by Gasteiger charge is 2.20. The summed E-state index contributed by atoms with van der Waals surface area (Å²) in [6, 6.07) is 18.2. The number of anilines is 1. The van der Waals surface area contributed by atoms with E-state index in [1.807, 2.05) is 31.2 Å². The predicted molar refractivity (Wildman–Crippen MR) is 127 cm³/mol. The van der Waals surface area contributed by atoms with E-state index in [-0.39, 0.29) is 5.91 Å². The molecule has 0 spiro atoms. The third-order valence-corrected chi connectivity index (χ3v) is 7.02. The summed E-state index contributed by atoms with van der Waals surface area (Å²) in [6.07, 6.45) is 0. The summed E-state index contributed by atoms with van der Waals surface area (Å²) >= 11 is 7.50. The van der Waals surface area contributed by atoms with Crippen molar-refractivity contribution in [3.63, 3.8) is 0 Å². The van der Waals surface area contributed by atoms with Gasteiger partial charge in [0.1, 0.15) is 0 Å². The van der Waals surface area contributed by atoms with Crippen molar-refractivity contribution in [3.05, 3.63) is 75.6 Å². The Morgan fingerprint density at radius 2 is 1.77 bits per heavy atom. The first-order valence-corrected chi connectivity index (χ1v) is 11.4. The second-order valence-corrected chi connectivity index (χ2v) is 9.23. The highest BCUT2D eigenvalue weighted by Crippen LogP contribution is 2.37. The molecular weight excluding hydrogens is 414 g/mol. The Hall–Kier alpha value is -2.34. The van der Waals surface area contributed by atoms with Crippen LogP contribution >= 0.6 is 22.9 Å². The van der Waals surface area contributed by atoms with Crippen molar-refractivity contribution in [2.24, 2.45) is 0 Å². The molecule has 1 N–H and O–H groups in total. The Bertz CT molecular complexity index is 1020. The standard InChI is InChI=1S/C24H26ClN3OS/c1-17-15-22(20-5-3-4-6-21(20)28-13-11-27(2)12-14-28)30-23(17)24(29)26-16-18-7-9-19(25)10-8-18/h3-10,15H,11-14,16H2,1-2H3,(H,26,29). The number of likely N-dealkylation sites (N-methyl/N-ethyl adjacent to an activating group) is 1. The molecule has 1 aliphatic heterocycles. The molecule has 1 saturated heterocycles. The molecule has 1 fully saturated rings. The van der Waals surface area contributed by atoms with Gasteiger partial charge in [-0.3, -0.25) is 4.79 Å². The SMILES string of the molecule is Cc1cc(-c2ccccc2N2CCN(C)CC2)sc1C(=O)NCc1ccc(Cl)cc1. The predicted octanol–water partition coefficient (Wildman–Crippen LogP) is 5.06. The summed E-state index contributed by atoms with van der Waals surface area (Å²) in [5.74, 6) is -0.0317. The highest BCUT2D eigenvalue weighted by molar-refractivity contribution is 7.17. The molecule has 4 nitrogen and oxygen atoms in total. The van der Waals surface area contributed by atoms with Crippen LogP contribution in [0.3, 0.4) is 0 Å². The first-order chi connectivity index (χ1) is 14.5. The number of carbonyl (C=O) groups is 1. The quantitative estimate of drug-likeness (QED) is 0.603. The van der Waals surface area contributed by atoms with Gasteiger partial charge in [-0.1, -0.05) is 41.9 Å². The van der Waals surface area contributed by atoms with Crippen LogP contribution in [-0.4, -0.2) is 44.0 Å². The molecule has 1 aromatic heterocycles. The zero-order chi connectivity index (χ0) is 21.1. The maximum absolute atomic E-state index is 12.8. The van der Waals surface area contributed by atoms with Gasteiger partial charge < -0.3 is 15.1 Å². The lowest BCUT2D eigenvalue weighted by atomic mass is 10.1. The normalized spacial score (nSPS) is 14.7. The Morgan fingerprint density at radius 3 is 2.50 bits per heavy atom. The van der Waals surface area contributed by atoms with Crippen molar-refractivity contribution in [2.75, 3.05) is 38.1 Å². The number of carbonyl (C=O) groups excluding carboxylic acids is 1. The molecule has 2 heterocycles. The molecule has 0 aliphatic carbocycles. The van der Waals surface area contributed by atoms with Crippen molar-refractivity contribution in [1.29, 1.82) is 0 Å². The van der Waals surface area contributed by atoms with E-state index in [2.05, 4.69) is 52.5 Å². The first kappa shape index (κ1) is 20.9. The van der Waals surface area contributed by atoms with Gasteiger partial charge in [0, 0.05) is 53.9 Å². The number of piperazine rings is 1. The molecule has 156 valence electrons. The average molecular weight is 440 g/mol. The summed E-state index contributed by atoms with van der Waals surface area (Å²) in [5.41, 5.74) is 4.49. The van der Waals surface area contributed by atoms with Crippen LogP contribution in [0.15, 0.2) is 54.6 Å². The minimum Gasteiger partial charge on any atom is -0.368 e. The second-order valence-electron chi connectivity index (χ2n) is 7.74. The van der Waals surface area contributed by atoms with Crippen LogP contribution in [0, 0.1) is 6.92 Å². The fraction of sp³-hybridized carbons (Fsp3) is 0.292. The fourth-order valence-corrected chi connectivity index (χ4v) is 4.96. The maximum Gasteiger partial charge on any atom is 0.261 e.